The van der Waals surface area contributed by atoms with E-state index < -0.39 is 55.3 Å². The van der Waals surface area contributed by atoms with Crippen LogP contribution in [-0.2, 0) is 14.2 Å². The van der Waals surface area contributed by atoms with Crippen LogP contribution < -0.4 is 0 Å². The lowest BCUT2D eigenvalue weighted by molar-refractivity contribution is -0.303. The van der Waals surface area contributed by atoms with E-state index in [-0.39, 0.29) is 41.3 Å². The van der Waals surface area contributed by atoms with Crippen LogP contribution in [0.4, 0.5) is 0 Å². The van der Waals surface area contributed by atoms with Gasteiger partial charge in [0.1, 0.15) is 24.4 Å². The Balaban J connectivity index is 1.07. The minimum Gasteiger partial charge on any atom is -0.394 e. The summed E-state index contributed by atoms with van der Waals surface area (Å²) in [5.41, 5.74) is 1.02. The Kier molecular flexibility index (Phi) is 8.67. The first-order chi connectivity index (χ1) is 20.2. The van der Waals surface area contributed by atoms with Crippen LogP contribution in [0.15, 0.2) is 11.6 Å². The quantitative estimate of drug-likeness (QED) is 0.210. The van der Waals surface area contributed by atoms with Gasteiger partial charge in [0.05, 0.1) is 31.5 Å². The Morgan fingerprint density at radius 3 is 2.51 bits per heavy atom. The summed E-state index contributed by atoms with van der Waals surface area (Å²) in [5.74, 6) is 0.295. The largest absolute Gasteiger partial charge is 0.394 e. The van der Waals surface area contributed by atoms with E-state index in [0.717, 1.165) is 25.7 Å². The van der Waals surface area contributed by atoms with Gasteiger partial charge in [-0.05, 0) is 73.5 Å². The number of ether oxygens (including phenoxy) is 3. The Hall–Kier alpha value is -0.660. The van der Waals surface area contributed by atoms with Crippen LogP contribution in [0.5, 0.6) is 0 Å². The lowest BCUT2D eigenvalue weighted by Gasteiger charge is -2.59. The van der Waals surface area contributed by atoms with E-state index in [9.17, 15) is 35.7 Å². The van der Waals surface area contributed by atoms with Crippen LogP contribution in [0.25, 0.3) is 0 Å². The SMILES string of the molecule is CC(CC[C@@]1(O)O[C@H]2C[C@H]3[C@@H]4CC=C5C[C@@H](O)C[C@@H](O)[C@]5(C)[C@H]4CC[C@]3(C)[C@H]2[C@@H]1C)CO[C@@H]1O[C@H](CO)[C@@H](O)[C@H](O)[C@H]1O. The molecule has 246 valence electrons. The van der Waals surface area contributed by atoms with Crippen molar-refractivity contribution in [1.82, 2.24) is 0 Å². The van der Waals surface area contributed by atoms with E-state index >= 15 is 0 Å². The van der Waals surface area contributed by atoms with Crippen LogP contribution in [0.2, 0.25) is 0 Å². The molecule has 3 saturated carbocycles. The van der Waals surface area contributed by atoms with Crippen molar-refractivity contribution in [3.63, 3.8) is 0 Å². The average molecular weight is 611 g/mol. The van der Waals surface area contributed by atoms with Gasteiger partial charge in [0.25, 0.3) is 0 Å². The highest BCUT2D eigenvalue weighted by Crippen LogP contribution is 2.70. The molecule has 7 N–H and O–H groups in total. The van der Waals surface area contributed by atoms with Gasteiger partial charge in [-0.2, -0.15) is 0 Å². The van der Waals surface area contributed by atoms with Gasteiger partial charge >= 0.3 is 0 Å². The van der Waals surface area contributed by atoms with Crippen molar-refractivity contribution in [2.24, 2.45) is 46.3 Å². The lowest BCUT2D eigenvalue weighted by Crippen LogP contribution is -2.59. The van der Waals surface area contributed by atoms with E-state index in [1.807, 2.05) is 6.92 Å². The minimum atomic E-state index is -1.48. The first kappa shape index (κ1) is 32.3. The van der Waals surface area contributed by atoms with Gasteiger partial charge in [-0.3, -0.25) is 0 Å². The summed E-state index contributed by atoms with van der Waals surface area (Å²) in [6.07, 6.45) is 1.00. The Labute approximate surface area is 255 Å². The molecule has 6 aliphatic rings. The third-order valence-corrected chi connectivity index (χ3v) is 13.3. The Morgan fingerprint density at radius 2 is 1.79 bits per heavy atom. The number of aliphatic hydroxyl groups excluding tert-OH is 6. The minimum absolute atomic E-state index is 0.00388. The third kappa shape index (κ3) is 5.07. The van der Waals surface area contributed by atoms with Crippen LogP contribution in [-0.4, -0.2) is 104 Å². The molecule has 17 atom stereocenters. The highest BCUT2D eigenvalue weighted by atomic mass is 16.7. The molecule has 0 spiro atoms. The summed E-state index contributed by atoms with van der Waals surface area (Å²) in [5, 5.41) is 73.1. The maximum absolute atomic E-state index is 11.8. The van der Waals surface area contributed by atoms with E-state index in [1.54, 1.807) is 0 Å². The summed E-state index contributed by atoms with van der Waals surface area (Å²) in [4.78, 5) is 0. The van der Waals surface area contributed by atoms with Gasteiger partial charge < -0.3 is 50.0 Å². The van der Waals surface area contributed by atoms with Crippen molar-refractivity contribution in [3.8, 4) is 0 Å². The molecule has 2 aliphatic heterocycles. The molecule has 5 fully saturated rings. The number of aliphatic hydroxyl groups is 7. The van der Waals surface area contributed by atoms with Gasteiger partial charge in [-0.15, -0.1) is 0 Å². The van der Waals surface area contributed by atoms with Crippen molar-refractivity contribution in [2.45, 2.75) is 134 Å². The van der Waals surface area contributed by atoms with Crippen molar-refractivity contribution < 1.29 is 50.0 Å². The topological polar surface area (TPSA) is 169 Å². The molecule has 0 amide bonds. The molecule has 4 aliphatic carbocycles. The van der Waals surface area contributed by atoms with E-state index in [1.165, 1.54) is 5.57 Å². The first-order valence-electron chi connectivity index (χ1n) is 16.6. The molecule has 10 nitrogen and oxygen atoms in total. The summed E-state index contributed by atoms with van der Waals surface area (Å²) in [6, 6.07) is 0. The summed E-state index contributed by atoms with van der Waals surface area (Å²) < 4.78 is 17.8. The molecular formula is C33H54O10. The number of fused-ring (bicyclic) bond motifs is 7. The number of allylic oxidation sites excluding steroid dienone is 1. The molecule has 2 heterocycles. The molecule has 0 aromatic carbocycles. The van der Waals surface area contributed by atoms with Gasteiger partial charge in [-0.1, -0.05) is 39.3 Å². The highest BCUT2D eigenvalue weighted by molar-refractivity contribution is 5.28. The molecular weight excluding hydrogens is 556 g/mol. The van der Waals surface area contributed by atoms with Crippen LogP contribution in [0.3, 0.4) is 0 Å². The first-order valence-corrected chi connectivity index (χ1v) is 16.6. The van der Waals surface area contributed by atoms with Gasteiger partial charge in [-0.25, -0.2) is 0 Å². The van der Waals surface area contributed by atoms with Gasteiger partial charge in [0.15, 0.2) is 12.1 Å². The fourth-order valence-electron chi connectivity index (χ4n) is 10.7. The van der Waals surface area contributed by atoms with E-state index in [2.05, 4.69) is 26.8 Å². The molecule has 10 heteroatoms. The monoisotopic (exact) mass is 610 g/mol. The van der Waals surface area contributed by atoms with Gasteiger partial charge in [0.2, 0.25) is 0 Å². The summed E-state index contributed by atoms with van der Waals surface area (Å²) in [7, 11) is 0. The molecule has 0 aromatic heterocycles. The standard InChI is InChI=1S/C33H54O10/c1-16(15-41-30-29(39)28(38)27(37)24(14-34)42-30)7-10-33(40)17(2)26-23(43-33)13-22-20-6-5-18-11-19(35)12-25(36)32(18,4)21(20)8-9-31(22,26)3/h5,16-17,19-30,34-40H,6-15H2,1-4H3/t16?,17-,19+,20+,21-,22-,23-,24+,25+,26-,27+,28-,29+,30+,31-,32-,33+/m0/s1. The normalized spacial score (nSPS) is 55.1. The molecule has 0 radical (unpaired) electrons. The zero-order valence-corrected chi connectivity index (χ0v) is 26.1. The molecule has 6 rings (SSSR count). The number of hydrogen-bond acceptors (Lipinski definition) is 10. The zero-order chi connectivity index (χ0) is 31.1. The van der Waals surface area contributed by atoms with Crippen LogP contribution >= 0.6 is 0 Å². The highest BCUT2D eigenvalue weighted by Gasteiger charge is 2.68. The second kappa shape index (κ2) is 11.5. The second-order valence-electron chi connectivity index (χ2n) is 15.5. The molecule has 1 unspecified atom stereocenters. The van der Waals surface area contributed by atoms with Crippen molar-refractivity contribution >= 4 is 0 Å². The third-order valence-electron chi connectivity index (χ3n) is 13.3. The smallest absolute Gasteiger partial charge is 0.186 e. The summed E-state index contributed by atoms with van der Waals surface area (Å²) in [6.45, 7) is 8.45. The maximum atomic E-state index is 11.8. The second-order valence-corrected chi connectivity index (χ2v) is 15.5. The number of hydrogen-bond donors (Lipinski definition) is 7. The van der Waals surface area contributed by atoms with E-state index in [4.69, 9.17) is 14.2 Å². The zero-order valence-electron chi connectivity index (χ0n) is 26.1. The number of rotatable bonds is 7. The van der Waals surface area contributed by atoms with Crippen molar-refractivity contribution in [2.75, 3.05) is 13.2 Å². The van der Waals surface area contributed by atoms with Crippen LogP contribution in [0.1, 0.15) is 79.1 Å². The predicted octanol–water partition coefficient (Wildman–Crippen LogP) is 1.46. The fraction of sp³-hybridized carbons (Fsp3) is 0.939. The Bertz CT molecular complexity index is 1050. The molecule has 2 saturated heterocycles. The van der Waals surface area contributed by atoms with Crippen LogP contribution in [0, 0.1) is 46.3 Å². The van der Waals surface area contributed by atoms with Gasteiger partial charge in [0, 0.05) is 24.2 Å². The molecule has 0 bridgehead atoms. The van der Waals surface area contributed by atoms with Crippen molar-refractivity contribution in [1.29, 1.82) is 0 Å². The Morgan fingerprint density at radius 1 is 1.05 bits per heavy atom. The lowest BCUT2D eigenvalue weighted by atomic mass is 9.46. The van der Waals surface area contributed by atoms with E-state index in [0.29, 0.717) is 43.4 Å². The molecule has 43 heavy (non-hydrogen) atoms. The molecule has 0 aromatic rings. The summed E-state index contributed by atoms with van der Waals surface area (Å²) >= 11 is 0. The predicted molar refractivity (Wildman–Crippen MR) is 155 cm³/mol. The fourth-order valence-corrected chi connectivity index (χ4v) is 10.7. The van der Waals surface area contributed by atoms with Crippen molar-refractivity contribution in [3.05, 3.63) is 11.6 Å². The average Bonchev–Trinajstić information content (AvgIpc) is 3.40. The maximum Gasteiger partial charge on any atom is 0.186 e.